The molecule has 3 amide bonds. The third kappa shape index (κ3) is 3.48. The lowest BCUT2D eigenvalue weighted by molar-refractivity contribution is -0.133. The number of benzene rings is 1. The Balaban J connectivity index is 1.34. The van der Waals surface area contributed by atoms with Crippen molar-refractivity contribution >= 4 is 17.7 Å². The molecule has 1 saturated carbocycles. The molecule has 1 spiro atoms. The molecular weight excluding hydrogens is 422 g/mol. The standard InChI is InChI=1S/C25H29N3O5/c1-15-6-4-5-9-25(15)23(30)28(24(31)26-25)13-20(29)19-10-16(2)27(17(19)3)12-18-7-8-21-22(11-18)33-14-32-21/h7-8,10-11,15H,4-6,9,12-14H2,1-3H3,(H,26,31). The number of urea groups is 1. The summed E-state index contributed by atoms with van der Waals surface area (Å²) in [5, 5.41) is 2.92. The Hall–Kier alpha value is -3.29. The molecule has 1 N–H and O–H groups in total. The summed E-state index contributed by atoms with van der Waals surface area (Å²) in [5.41, 5.74) is 2.45. The number of amides is 3. The molecule has 3 aliphatic rings. The highest BCUT2D eigenvalue weighted by Gasteiger charge is 2.55. The van der Waals surface area contributed by atoms with Crippen molar-refractivity contribution in [3.8, 4) is 11.5 Å². The van der Waals surface area contributed by atoms with Gasteiger partial charge in [-0.05, 0) is 56.4 Å². The molecule has 1 aromatic heterocycles. The van der Waals surface area contributed by atoms with E-state index < -0.39 is 11.6 Å². The van der Waals surface area contributed by atoms with Crippen LogP contribution < -0.4 is 14.8 Å². The van der Waals surface area contributed by atoms with Crippen molar-refractivity contribution in [1.82, 2.24) is 14.8 Å². The zero-order valence-electron chi connectivity index (χ0n) is 19.3. The number of imide groups is 1. The zero-order valence-corrected chi connectivity index (χ0v) is 19.3. The number of nitrogens with zero attached hydrogens (tertiary/aromatic N) is 2. The zero-order chi connectivity index (χ0) is 23.3. The molecule has 1 aromatic carbocycles. The molecule has 5 rings (SSSR count). The van der Waals surface area contributed by atoms with Gasteiger partial charge < -0.3 is 19.4 Å². The van der Waals surface area contributed by atoms with E-state index in [1.807, 2.05) is 45.0 Å². The third-order valence-electron chi connectivity index (χ3n) is 7.45. The van der Waals surface area contributed by atoms with Crippen molar-refractivity contribution in [3.05, 3.63) is 46.8 Å². The fraction of sp³-hybridized carbons (Fsp3) is 0.480. The summed E-state index contributed by atoms with van der Waals surface area (Å²) in [5.74, 6) is 1.02. The highest BCUT2D eigenvalue weighted by molar-refractivity contribution is 6.11. The SMILES string of the molecule is Cc1cc(C(=O)CN2C(=O)NC3(CCCCC3C)C2=O)c(C)n1Cc1ccc2c(c1)OCO2. The molecule has 2 aromatic rings. The van der Waals surface area contributed by atoms with Crippen molar-refractivity contribution in [2.45, 2.75) is 58.5 Å². The van der Waals surface area contributed by atoms with Crippen molar-refractivity contribution in [1.29, 1.82) is 0 Å². The summed E-state index contributed by atoms with van der Waals surface area (Å²) in [7, 11) is 0. The first-order chi connectivity index (χ1) is 15.8. The van der Waals surface area contributed by atoms with Gasteiger partial charge in [-0.15, -0.1) is 0 Å². The molecule has 8 heteroatoms. The summed E-state index contributed by atoms with van der Waals surface area (Å²) >= 11 is 0. The molecule has 2 aliphatic heterocycles. The first-order valence-electron chi connectivity index (χ1n) is 11.5. The van der Waals surface area contributed by atoms with E-state index >= 15 is 0 Å². The molecule has 3 heterocycles. The van der Waals surface area contributed by atoms with Gasteiger partial charge in [-0.3, -0.25) is 14.5 Å². The molecule has 174 valence electrons. The van der Waals surface area contributed by atoms with Gasteiger partial charge in [-0.1, -0.05) is 25.8 Å². The quantitative estimate of drug-likeness (QED) is 0.555. The number of ketones is 1. The summed E-state index contributed by atoms with van der Waals surface area (Å²) in [4.78, 5) is 40.2. The highest BCUT2D eigenvalue weighted by Crippen LogP contribution is 2.38. The molecule has 0 bridgehead atoms. The third-order valence-corrected chi connectivity index (χ3v) is 7.45. The van der Waals surface area contributed by atoms with E-state index in [4.69, 9.17) is 9.47 Å². The molecular formula is C25H29N3O5. The molecule has 1 aliphatic carbocycles. The summed E-state index contributed by atoms with van der Waals surface area (Å²) in [6.45, 7) is 6.40. The maximum absolute atomic E-state index is 13.2. The van der Waals surface area contributed by atoms with E-state index in [0.29, 0.717) is 18.5 Å². The largest absolute Gasteiger partial charge is 0.454 e. The highest BCUT2D eigenvalue weighted by atomic mass is 16.7. The van der Waals surface area contributed by atoms with Gasteiger partial charge in [0, 0.05) is 23.5 Å². The van der Waals surface area contributed by atoms with Gasteiger partial charge in [0.1, 0.15) is 5.54 Å². The van der Waals surface area contributed by atoms with Crippen LogP contribution in [0, 0.1) is 19.8 Å². The Morgan fingerprint density at radius 2 is 1.94 bits per heavy atom. The number of carbonyl (C=O) groups is 3. The van der Waals surface area contributed by atoms with Crippen LogP contribution in [0.25, 0.3) is 0 Å². The second-order valence-electron chi connectivity index (χ2n) is 9.42. The van der Waals surface area contributed by atoms with E-state index in [1.165, 1.54) is 0 Å². The van der Waals surface area contributed by atoms with Gasteiger partial charge in [-0.2, -0.15) is 0 Å². The number of carbonyl (C=O) groups excluding carboxylic acids is 3. The van der Waals surface area contributed by atoms with Gasteiger partial charge in [0.15, 0.2) is 17.3 Å². The van der Waals surface area contributed by atoms with Crippen LogP contribution >= 0.6 is 0 Å². The minimum absolute atomic E-state index is 0.0644. The Morgan fingerprint density at radius 1 is 1.15 bits per heavy atom. The summed E-state index contributed by atoms with van der Waals surface area (Å²) < 4.78 is 12.9. The van der Waals surface area contributed by atoms with Crippen molar-refractivity contribution < 1.29 is 23.9 Å². The van der Waals surface area contributed by atoms with Crippen LogP contribution in [-0.4, -0.2) is 46.1 Å². The number of fused-ring (bicyclic) bond motifs is 1. The van der Waals surface area contributed by atoms with E-state index in [0.717, 1.165) is 52.6 Å². The monoisotopic (exact) mass is 451 g/mol. The molecule has 0 radical (unpaired) electrons. The fourth-order valence-electron chi connectivity index (χ4n) is 5.42. The van der Waals surface area contributed by atoms with Gasteiger partial charge >= 0.3 is 6.03 Å². The first kappa shape index (κ1) is 21.6. The normalized spacial score (nSPS) is 24.0. The Morgan fingerprint density at radius 3 is 2.73 bits per heavy atom. The number of hydrogen-bond acceptors (Lipinski definition) is 5. The smallest absolute Gasteiger partial charge is 0.325 e. The maximum Gasteiger partial charge on any atom is 0.325 e. The van der Waals surface area contributed by atoms with Gasteiger partial charge in [0.25, 0.3) is 5.91 Å². The lowest BCUT2D eigenvalue weighted by atomic mass is 9.73. The summed E-state index contributed by atoms with van der Waals surface area (Å²) in [6, 6.07) is 7.18. The number of hydrogen-bond donors (Lipinski definition) is 1. The number of rotatable bonds is 5. The van der Waals surface area contributed by atoms with E-state index in [2.05, 4.69) is 9.88 Å². The van der Waals surface area contributed by atoms with Crippen LogP contribution in [0.4, 0.5) is 4.79 Å². The lowest BCUT2D eigenvalue weighted by Gasteiger charge is -2.36. The van der Waals surface area contributed by atoms with Crippen LogP contribution in [0.3, 0.4) is 0 Å². The minimum Gasteiger partial charge on any atom is -0.454 e. The van der Waals surface area contributed by atoms with Gasteiger partial charge in [0.05, 0.1) is 6.54 Å². The number of ether oxygens (including phenoxy) is 2. The number of aryl methyl sites for hydroxylation is 1. The average Bonchev–Trinajstić information content (AvgIpc) is 3.43. The number of nitrogens with one attached hydrogen (secondary N) is 1. The molecule has 33 heavy (non-hydrogen) atoms. The van der Waals surface area contributed by atoms with Crippen molar-refractivity contribution in [2.75, 3.05) is 13.3 Å². The van der Waals surface area contributed by atoms with Crippen molar-refractivity contribution in [3.63, 3.8) is 0 Å². The van der Waals surface area contributed by atoms with Crippen LogP contribution in [0.15, 0.2) is 24.3 Å². The predicted molar refractivity (Wildman–Crippen MR) is 121 cm³/mol. The Labute approximate surface area is 192 Å². The predicted octanol–water partition coefficient (Wildman–Crippen LogP) is 3.57. The van der Waals surface area contributed by atoms with E-state index in [-0.39, 0.29) is 30.9 Å². The second kappa shape index (κ2) is 7.93. The lowest BCUT2D eigenvalue weighted by Crippen LogP contribution is -2.54. The van der Waals surface area contributed by atoms with Gasteiger partial charge in [-0.25, -0.2) is 4.79 Å². The molecule has 1 saturated heterocycles. The summed E-state index contributed by atoms with van der Waals surface area (Å²) in [6.07, 6.45) is 3.49. The average molecular weight is 452 g/mol. The number of aromatic nitrogens is 1. The van der Waals surface area contributed by atoms with Crippen LogP contribution in [0.5, 0.6) is 11.5 Å². The van der Waals surface area contributed by atoms with Crippen LogP contribution in [0.2, 0.25) is 0 Å². The Bertz CT molecular complexity index is 1150. The number of Topliss-reactive ketones (excluding diaryl/α,β-unsaturated/α-hetero) is 1. The Kier molecular flexibility index (Phi) is 5.18. The van der Waals surface area contributed by atoms with E-state index in [9.17, 15) is 14.4 Å². The fourth-order valence-corrected chi connectivity index (χ4v) is 5.42. The van der Waals surface area contributed by atoms with Crippen LogP contribution in [0.1, 0.15) is 59.9 Å². The minimum atomic E-state index is -0.855. The molecule has 2 atom stereocenters. The maximum atomic E-state index is 13.2. The molecule has 2 fully saturated rings. The topological polar surface area (TPSA) is 89.9 Å². The van der Waals surface area contributed by atoms with Gasteiger partial charge in [0.2, 0.25) is 6.79 Å². The first-order valence-corrected chi connectivity index (χ1v) is 11.5. The molecule has 2 unspecified atom stereocenters. The van der Waals surface area contributed by atoms with E-state index in [1.54, 1.807) is 0 Å². The van der Waals surface area contributed by atoms with Crippen LogP contribution in [-0.2, 0) is 11.3 Å². The van der Waals surface area contributed by atoms with Crippen molar-refractivity contribution in [2.24, 2.45) is 5.92 Å². The second-order valence-corrected chi connectivity index (χ2v) is 9.42. The molecule has 8 nitrogen and oxygen atoms in total.